The van der Waals surface area contributed by atoms with E-state index in [0.29, 0.717) is 0 Å². The number of fused-ring (bicyclic) bond motifs is 6. The zero-order valence-electron chi connectivity index (χ0n) is 31.8. The Balaban J connectivity index is 1.00. The Bertz CT molecular complexity index is 3250. The fourth-order valence-corrected chi connectivity index (χ4v) is 8.87. The van der Waals surface area contributed by atoms with E-state index in [1.807, 2.05) is 0 Å². The fourth-order valence-electron chi connectivity index (χ4n) is 8.87. The molecule has 0 spiro atoms. The molecule has 1 heterocycles. The number of hydrogen-bond acceptors (Lipinski definition) is 1. The highest BCUT2D eigenvalue weighted by molar-refractivity contribution is 6.22. The molecule has 2 nitrogen and oxygen atoms in total. The van der Waals surface area contributed by atoms with E-state index in [2.05, 4.69) is 240 Å². The van der Waals surface area contributed by atoms with Crippen molar-refractivity contribution in [2.24, 2.45) is 0 Å². The van der Waals surface area contributed by atoms with E-state index in [1.54, 1.807) is 0 Å². The standard InChI is InChI=1S/C56H38N2/c1-3-18-45(19-4-1)57(47-35-32-40(33-36-47)39-28-30-43(31-29-39)50-25-12-16-41-14-7-9-23-49(41)50)48-22-11-17-44(38-48)51-26-13-27-54-55(51)53-37-34-42-15-8-10-24-52(42)56(53)58(54)46-20-5-2-6-21-46/h1-38H. The quantitative estimate of drug-likeness (QED) is 0.158. The molecule has 11 aromatic rings. The molecule has 10 aromatic carbocycles. The van der Waals surface area contributed by atoms with Gasteiger partial charge in [0.1, 0.15) is 0 Å². The van der Waals surface area contributed by atoms with Crippen LogP contribution in [-0.2, 0) is 0 Å². The van der Waals surface area contributed by atoms with Gasteiger partial charge in [-0.3, -0.25) is 0 Å². The lowest BCUT2D eigenvalue weighted by molar-refractivity contribution is 1.19. The molecule has 11 rings (SSSR count). The van der Waals surface area contributed by atoms with Crippen LogP contribution >= 0.6 is 0 Å². The summed E-state index contributed by atoms with van der Waals surface area (Å²) in [5.41, 5.74) is 14.1. The van der Waals surface area contributed by atoms with Crippen molar-refractivity contribution in [3.63, 3.8) is 0 Å². The van der Waals surface area contributed by atoms with Crippen LogP contribution in [0.25, 0.3) is 82.4 Å². The molecule has 0 amide bonds. The third-order valence-corrected chi connectivity index (χ3v) is 11.6. The second kappa shape index (κ2) is 14.1. The molecular formula is C56H38N2. The van der Waals surface area contributed by atoms with Crippen LogP contribution in [-0.4, -0.2) is 4.57 Å². The molecule has 2 heteroatoms. The molecule has 272 valence electrons. The first-order valence-corrected chi connectivity index (χ1v) is 19.9. The van der Waals surface area contributed by atoms with Gasteiger partial charge < -0.3 is 9.47 Å². The molecule has 0 unspecified atom stereocenters. The zero-order valence-corrected chi connectivity index (χ0v) is 31.8. The summed E-state index contributed by atoms with van der Waals surface area (Å²) < 4.78 is 2.44. The number of nitrogens with zero attached hydrogens (tertiary/aromatic N) is 2. The molecular weight excluding hydrogens is 701 g/mol. The number of aromatic nitrogens is 1. The van der Waals surface area contributed by atoms with Gasteiger partial charge in [0.25, 0.3) is 0 Å². The molecule has 0 aliphatic rings. The predicted octanol–water partition coefficient (Wildman–Crippen LogP) is 15.6. The summed E-state index contributed by atoms with van der Waals surface area (Å²) >= 11 is 0. The Labute approximate surface area is 338 Å². The highest BCUT2D eigenvalue weighted by Gasteiger charge is 2.20. The summed E-state index contributed by atoms with van der Waals surface area (Å²) in [7, 11) is 0. The maximum absolute atomic E-state index is 2.44. The van der Waals surface area contributed by atoms with Crippen LogP contribution in [0.2, 0.25) is 0 Å². The van der Waals surface area contributed by atoms with Gasteiger partial charge in [-0.1, -0.05) is 176 Å². The van der Waals surface area contributed by atoms with E-state index >= 15 is 0 Å². The van der Waals surface area contributed by atoms with Gasteiger partial charge in [-0.25, -0.2) is 0 Å². The van der Waals surface area contributed by atoms with Crippen molar-refractivity contribution >= 4 is 60.4 Å². The van der Waals surface area contributed by atoms with Crippen LogP contribution in [0.4, 0.5) is 17.1 Å². The summed E-state index contributed by atoms with van der Waals surface area (Å²) in [6.45, 7) is 0. The van der Waals surface area contributed by atoms with Gasteiger partial charge in [-0.2, -0.15) is 0 Å². The van der Waals surface area contributed by atoms with E-state index < -0.39 is 0 Å². The van der Waals surface area contributed by atoms with Crippen molar-refractivity contribution in [3.05, 3.63) is 231 Å². The fraction of sp³-hybridized carbons (Fsp3) is 0. The SMILES string of the molecule is c1ccc(N(c2ccc(-c3ccc(-c4cccc5ccccc45)cc3)cc2)c2cccc(-c3cccc4c3c3ccc5ccccc5c3n4-c3ccccc3)c2)cc1. The minimum absolute atomic E-state index is 1.10. The number of para-hydroxylation sites is 2. The third-order valence-electron chi connectivity index (χ3n) is 11.6. The van der Waals surface area contributed by atoms with Crippen molar-refractivity contribution in [3.8, 4) is 39.1 Å². The van der Waals surface area contributed by atoms with Crippen LogP contribution in [0.15, 0.2) is 231 Å². The highest BCUT2D eigenvalue weighted by Crippen LogP contribution is 2.43. The Morgan fingerprint density at radius 1 is 0.310 bits per heavy atom. The highest BCUT2D eigenvalue weighted by atomic mass is 15.1. The van der Waals surface area contributed by atoms with Crippen LogP contribution in [0, 0.1) is 0 Å². The summed E-state index contributed by atoms with van der Waals surface area (Å²) in [4.78, 5) is 2.36. The Kier molecular flexibility index (Phi) is 8.19. The Morgan fingerprint density at radius 3 is 1.64 bits per heavy atom. The minimum Gasteiger partial charge on any atom is -0.310 e. The largest absolute Gasteiger partial charge is 0.310 e. The normalized spacial score (nSPS) is 11.4. The number of anilines is 3. The van der Waals surface area contributed by atoms with Gasteiger partial charge in [0.2, 0.25) is 0 Å². The van der Waals surface area contributed by atoms with Crippen molar-refractivity contribution < 1.29 is 0 Å². The topological polar surface area (TPSA) is 8.17 Å². The molecule has 0 saturated carbocycles. The summed E-state index contributed by atoms with van der Waals surface area (Å²) in [6, 6.07) is 83.5. The second-order valence-electron chi connectivity index (χ2n) is 14.9. The summed E-state index contributed by atoms with van der Waals surface area (Å²) in [5.74, 6) is 0. The Morgan fingerprint density at radius 2 is 0.862 bits per heavy atom. The van der Waals surface area contributed by atoms with Crippen molar-refractivity contribution in [2.45, 2.75) is 0 Å². The van der Waals surface area contributed by atoms with Crippen molar-refractivity contribution in [1.29, 1.82) is 0 Å². The van der Waals surface area contributed by atoms with Gasteiger partial charge in [0.15, 0.2) is 0 Å². The average Bonchev–Trinajstić information content (AvgIpc) is 3.65. The van der Waals surface area contributed by atoms with E-state index in [9.17, 15) is 0 Å². The summed E-state index contributed by atoms with van der Waals surface area (Å²) in [5, 5.41) is 7.52. The van der Waals surface area contributed by atoms with Crippen LogP contribution in [0.1, 0.15) is 0 Å². The molecule has 0 bridgehead atoms. The number of hydrogen-bond donors (Lipinski definition) is 0. The monoisotopic (exact) mass is 738 g/mol. The smallest absolute Gasteiger partial charge is 0.0619 e. The number of rotatable bonds is 7. The minimum atomic E-state index is 1.10. The molecule has 0 atom stereocenters. The molecule has 0 aliphatic heterocycles. The van der Waals surface area contributed by atoms with E-state index in [4.69, 9.17) is 0 Å². The Hall–Kier alpha value is -7.68. The molecule has 0 aliphatic carbocycles. The predicted molar refractivity (Wildman–Crippen MR) is 247 cm³/mol. The first-order chi connectivity index (χ1) is 28.8. The lowest BCUT2D eigenvalue weighted by Crippen LogP contribution is -2.09. The maximum atomic E-state index is 2.44. The number of benzene rings is 10. The molecule has 0 saturated heterocycles. The van der Waals surface area contributed by atoms with Gasteiger partial charge in [0.05, 0.1) is 11.0 Å². The van der Waals surface area contributed by atoms with Crippen LogP contribution < -0.4 is 4.90 Å². The second-order valence-corrected chi connectivity index (χ2v) is 14.9. The molecule has 0 N–H and O–H groups in total. The van der Waals surface area contributed by atoms with E-state index in [-0.39, 0.29) is 0 Å². The van der Waals surface area contributed by atoms with E-state index in [1.165, 1.54) is 76.7 Å². The lowest BCUT2D eigenvalue weighted by Gasteiger charge is -2.26. The van der Waals surface area contributed by atoms with E-state index in [0.717, 1.165) is 22.7 Å². The van der Waals surface area contributed by atoms with Gasteiger partial charge >= 0.3 is 0 Å². The van der Waals surface area contributed by atoms with Gasteiger partial charge in [-0.15, -0.1) is 0 Å². The van der Waals surface area contributed by atoms with Gasteiger partial charge in [0, 0.05) is 38.9 Å². The van der Waals surface area contributed by atoms with Crippen LogP contribution in [0.5, 0.6) is 0 Å². The average molecular weight is 739 g/mol. The first kappa shape index (κ1) is 33.6. The van der Waals surface area contributed by atoms with Crippen molar-refractivity contribution in [1.82, 2.24) is 4.57 Å². The maximum Gasteiger partial charge on any atom is 0.0619 e. The summed E-state index contributed by atoms with van der Waals surface area (Å²) in [6.07, 6.45) is 0. The molecule has 0 fully saturated rings. The molecule has 58 heavy (non-hydrogen) atoms. The van der Waals surface area contributed by atoms with Crippen molar-refractivity contribution in [2.75, 3.05) is 4.90 Å². The molecule has 1 aromatic heterocycles. The van der Waals surface area contributed by atoms with Crippen LogP contribution in [0.3, 0.4) is 0 Å². The molecule has 0 radical (unpaired) electrons. The third kappa shape index (κ3) is 5.74. The van der Waals surface area contributed by atoms with Gasteiger partial charge in [-0.05, 0) is 104 Å². The first-order valence-electron chi connectivity index (χ1n) is 19.9. The zero-order chi connectivity index (χ0) is 38.4. The lowest BCUT2D eigenvalue weighted by atomic mass is 9.96.